The standard InChI is InChI=1S/C35H35NO7/c1-5-41-34(38)29-21(3)36-28-20-27(22-15-17-24(40-4)18-16-22)31(35(39)42-6-2)33(37)32(28)30(29)23-11-10-14-26(19-23)43-25-12-8-7-9-13-25/h7-19,27,30-31,36H,5-6,20H2,1-4H3. The Balaban J connectivity index is 1.64. The van der Waals surface area contributed by atoms with Gasteiger partial charge < -0.3 is 24.3 Å². The number of esters is 2. The van der Waals surface area contributed by atoms with Crippen molar-refractivity contribution in [3.8, 4) is 17.2 Å². The quantitative estimate of drug-likeness (QED) is 0.236. The molecule has 0 aromatic heterocycles. The lowest BCUT2D eigenvalue weighted by atomic mass is 9.67. The molecule has 0 fully saturated rings. The summed E-state index contributed by atoms with van der Waals surface area (Å²) < 4.78 is 22.3. The van der Waals surface area contributed by atoms with E-state index in [9.17, 15) is 14.4 Å². The first-order valence-electron chi connectivity index (χ1n) is 14.4. The third-order valence-electron chi connectivity index (χ3n) is 7.77. The topological polar surface area (TPSA) is 100 Å². The molecule has 0 saturated carbocycles. The minimum absolute atomic E-state index is 0.136. The van der Waals surface area contributed by atoms with E-state index in [1.54, 1.807) is 27.9 Å². The molecular weight excluding hydrogens is 546 g/mol. The van der Waals surface area contributed by atoms with Gasteiger partial charge in [-0.1, -0.05) is 42.5 Å². The summed E-state index contributed by atoms with van der Waals surface area (Å²) in [5.41, 5.74) is 3.41. The van der Waals surface area contributed by atoms with Crippen LogP contribution in [0.15, 0.2) is 101 Å². The van der Waals surface area contributed by atoms with Crippen LogP contribution in [0.4, 0.5) is 0 Å². The summed E-state index contributed by atoms with van der Waals surface area (Å²) in [6, 6.07) is 24.0. The molecule has 1 heterocycles. The largest absolute Gasteiger partial charge is 0.497 e. The van der Waals surface area contributed by atoms with Crippen LogP contribution >= 0.6 is 0 Å². The molecule has 0 amide bonds. The van der Waals surface area contributed by atoms with Gasteiger partial charge in [-0.25, -0.2) is 4.79 Å². The number of hydrogen-bond donors (Lipinski definition) is 1. The van der Waals surface area contributed by atoms with Crippen LogP contribution in [0, 0.1) is 5.92 Å². The van der Waals surface area contributed by atoms with E-state index in [2.05, 4.69) is 5.32 Å². The number of methoxy groups -OCH3 is 1. The number of ketones is 1. The lowest BCUT2D eigenvalue weighted by Crippen LogP contribution is -2.43. The minimum atomic E-state index is -1.10. The van der Waals surface area contributed by atoms with Gasteiger partial charge in [0.2, 0.25) is 0 Å². The molecule has 1 aliphatic heterocycles. The summed E-state index contributed by atoms with van der Waals surface area (Å²) in [7, 11) is 1.58. The number of hydrogen-bond acceptors (Lipinski definition) is 8. The molecule has 2 aliphatic rings. The summed E-state index contributed by atoms with van der Waals surface area (Å²) in [5, 5.41) is 3.34. The van der Waals surface area contributed by atoms with Gasteiger partial charge in [0.25, 0.3) is 0 Å². The molecular formula is C35H35NO7. The Morgan fingerprint density at radius 1 is 0.837 bits per heavy atom. The average molecular weight is 582 g/mol. The highest BCUT2D eigenvalue weighted by Crippen LogP contribution is 2.48. The van der Waals surface area contributed by atoms with E-state index < -0.39 is 29.7 Å². The van der Waals surface area contributed by atoms with Gasteiger partial charge >= 0.3 is 11.9 Å². The Bertz CT molecular complexity index is 1570. The van der Waals surface area contributed by atoms with Crippen LogP contribution in [0.25, 0.3) is 0 Å². The third-order valence-corrected chi connectivity index (χ3v) is 7.77. The first kappa shape index (κ1) is 29.6. The van der Waals surface area contributed by atoms with Gasteiger partial charge in [-0.2, -0.15) is 0 Å². The number of allylic oxidation sites excluding steroid dienone is 3. The van der Waals surface area contributed by atoms with Crippen LogP contribution in [0.3, 0.4) is 0 Å². The molecule has 5 rings (SSSR count). The molecule has 3 unspecified atom stereocenters. The molecule has 8 nitrogen and oxygen atoms in total. The van der Waals surface area contributed by atoms with E-state index in [4.69, 9.17) is 18.9 Å². The maximum Gasteiger partial charge on any atom is 0.336 e. The van der Waals surface area contributed by atoms with Gasteiger partial charge in [0, 0.05) is 28.8 Å². The maximum atomic E-state index is 14.5. The summed E-state index contributed by atoms with van der Waals surface area (Å²) in [6.07, 6.45) is 0.362. The second-order valence-corrected chi connectivity index (χ2v) is 10.4. The number of carbonyl (C=O) groups is 3. The molecule has 43 heavy (non-hydrogen) atoms. The van der Waals surface area contributed by atoms with Crippen molar-refractivity contribution in [1.82, 2.24) is 5.32 Å². The van der Waals surface area contributed by atoms with E-state index in [-0.39, 0.29) is 19.0 Å². The summed E-state index contributed by atoms with van der Waals surface area (Å²) in [5.74, 6) is -1.99. The monoisotopic (exact) mass is 581 g/mol. The van der Waals surface area contributed by atoms with Crippen LogP contribution in [-0.2, 0) is 23.9 Å². The first-order chi connectivity index (χ1) is 20.9. The van der Waals surface area contributed by atoms with Crippen molar-refractivity contribution >= 4 is 17.7 Å². The van der Waals surface area contributed by atoms with Gasteiger partial charge in [-0.05, 0) is 74.7 Å². The van der Waals surface area contributed by atoms with E-state index in [1.165, 1.54) is 0 Å². The second kappa shape index (κ2) is 13.0. The molecule has 1 N–H and O–H groups in total. The smallest absolute Gasteiger partial charge is 0.336 e. The van der Waals surface area contributed by atoms with E-state index in [0.29, 0.717) is 51.8 Å². The second-order valence-electron chi connectivity index (χ2n) is 10.4. The van der Waals surface area contributed by atoms with Crippen molar-refractivity contribution in [3.05, 3.63) is 113 Å². The Morgan fingerprint density at radius 3 is 2.21 bits per heavy atom. The maximum absolute atomic E-state index is 14.5. The molecule has 3 aromatic rings. The molecule has 0 spiro atoms. The number of rotatable bonds is 9. The molecule has 8 heteroatoms. The lowest BCUT2D eigenvalue weighted by Gasteiger charge is -2.39. The summed E-state index contributed by atoms with van der Waals surface area (Å²) >= 11 is 0. The number of ether oxygens (including phenoxy) is 4. The average Bonchev–Trinajstić information content (AvgIpc) is 3.01. The van der Waals surface area contributed by atoms with Crippen molar-refractivity contribution in [2.75, 3.05) is 20.3 Å². The molecule has 0 bridgehead atoms. The Kier molecular flexibility index (Phi) is 8.95. The van der Waals surface area contributed by atoms with Gasteiger partial charge in [-0.3, -0.25) is 9.59 Å². The van der Waals surface area contributed by atoms with Crippen molar-refractivity contribution in [3.63, 3.8) is 0 Å². The normalized spacial score (nSPS) is 19.7. The molecule has 1 aliphatic carbocycles. The third kappa shape index (κ3) is 6.04. The SMILES string of the molecule is CCOC(=O)C1=C(C)NC2=C(C(=O)C(C(=O)OCC)C(c3ccc(OC)cc3)C2)C1c1cccc(Oc2ccccc2)c1. The number of carbonyl (C=O) groups excluding carboxylic acids is 3. The molecule has 0 radical (unpaired) electrons. The molecule has 3 atom stereocenters. The van der Waals surface area contributed by atoms with E-state index >= 15 is 0 Å². The number of benzene rings is 3. The van der Waals surface area contributed by atoms with Crippen LogP contribution in [0.5, 0.6) is 17.2 Å². The molecule has 0 saturated heterocycles. The number of para-hydroxylation sites is 1. The van der Waals surface area contributed by atoms with Crippen LogP contribution in [0.2, 0.25) is 0 Å². The summed E-state index contributed by atoms with van der Waals surface area (Å²) in [4.78, 5) is 41.4. The number of nitrogens with one attached hydrogen (secondary N) is 1. The van der Waals surface area contributed by atoms with Crippen molar-refractivity contribution in [2.24, 2.45) is 5.92 Å². The molecule has 3 aromatic carbocycles. The van der Waals surface area contributed by atoms with Gasteiger partial charge in [0.05, 0.1) is 25.9 Å². The van der Waals surface area contributed by atoms with Crippen molar-refractivity contribution < 1.29 is 33.3 Å². The van der Waals surface area contributed by atoms with Crippen LogP contribution in [0.1, 0.15) is 50.2 Å². The zero-order chi connectivity index (χ0) is 30.5. The Hall–Kier alpha value is -4.85. The van der Waals surface area contributed by atoms with Gasteiger partial charge in [0.1, 0.15) is 23.2 Å². The summed E-state index contributed by atoms with van der Waals surface area (Å²) in [6.45, 7) is 5.56. The van der Waals surface area contributed by atoms with Crippen LogP contribution in [-0.4, -0.2) is 38.0 Å². The fourth-order valence-electron chi connectivity index (χ4n) is 5.90. The zero-order valence-corrected chi connectivity index (χ0v) is 24.7. The number of Topliss-reactive ketones (excluding diaryl/α,β-unsaturated/α-hetero) is 1. The fraction of sp³-hybridized carbons (Fsp3) is 0.286. The zero-order valence-electron chi connectivity index (χ0n) is 24.7. The van der Waals surface area contributed by atoms with Gasteiger partial charge in [0.15, 0.2) is 5.78 Å². The lowest BCUT2D eigenvalue weighted by molar-refractivity contribution is -0.152. The highest BCUT2D eigenvalue weighted by molar-refractivity contribution is 6.13. The van der Waals surface area contributed by atoms with E-state index in [1.807, 2.05) is 78.9 Å². The Morgan fingerprint density at radius 2 is 1.53 bits per heavy atom. The number of dihydropyridines is 1. The van der Waals surface area contributed by atoms with Gasteiger partial charge in [-0.15, -0.1) is 0 Å². The molecule has 222 valence electrons. The minimum Gasteiger partial charge on any atom is -0.497 e. The highest BCUT2D eigenvalue weighted by Gasteiger charge is 2.49. The van der Waals surface area contributed by atoms with Crippen LogP contribution < -0.4 is 14.8 Å². The fourth-order valence-corrected chi connectivity index (χ4v) is 5.90. The Labute approximate surface area is 251 Å². The van der Waals surface area contributed by atoms with Crippen molar-refractivity contribution in [1.29, 1.82) is 0 Å². The highest BCUT2D eigenvalue weighted by atomic mass is 16.5. The van der Waals surface area contributed by atoms with Crippen molar-refractivity contribution in [2.45, 2.75) is 39.0 Å². The first-order valence-corrected chi connectivity index (χ1v) is 14.4. The predicted octanol–water partition coefficient (Wildman–Crippen LogP) is 6.20. The van der Waals surface area contributed by atoms with E-state index in [0.717, 1.165) is 5.56 Å². The predicted molar refractivity (Wildman–Crippen MR) is 161 cm³/mol.